The average molecular weight is 499 g/mol. The number of nitrogens with one attached hydrogen (secondary N) is 3. The van der Waals surface area contributed by atoms with Crippen molar-refractivity contribution in [2.24, 2.45) is 11.7 Å². The van der Waals surface area contributed by atoms with Crippen LogP contribution >= 0.6 is 11.8 Å². The van der Waals surface area contributed by atoms with Crippen molar-refractivity contribution < 1.29 is 34.5 Å². The number of benzene rings is 1. The average Bonchev–Trinajstić information content (AvgIpc) is 2.78. The summed E-state index contributed by atoms with van der Waals surface area (Å²) in [6.07, 6.45) is 2.15. The Morgan fingerprint density at radius 2 is 1.56 bits per heavy atom. The van der Waals surface area contributed by atoms with Crippen LogP contribution in [-0.4, -0.2) is 81.8 Å². The standard InChI is InChI=1S/C22H34N4O7S/c1-12(2)18(26-19(29)15(23)10-13-4-6-14(28)7-5-13)21(31)25-17(11-27)20(30)24-16(22(32)33)8-9-34-3/h4-7,12,15-18,27-28H,8-11,23H2,1-3H3,(H,24,30)(H,25,31)(H,26,29)(H,32,33). The number of nitrogens with two attached hydrogens (primary N) is 1. The van der Waals surface area contributed by atoms with Crippen LogP contribution in [0.5, 0.6) is 5.75 Å². The van der Waals surface area contributed by atoms with Crippen LogP contribution in [0.3, 0.4) is 0 Å². The molecule has 0 aliphatic carbocycles. The van der Waals surface area contributed by atoms with E-state index < -0.39 is 54.5 Å². The van der Waals surface area contributed by atoms with Gasteiger partial charge < -0.3 is 37.0 Å². The number of carbonyl (C=O) groups excluding carboxylic acids is 3. The van der Waals surface area contributed by atoms with Crippen molar-refractivity contribution in [3.63, 3.8) is 0 Å². The van der Waals surface area contributed by atoms with Crippen molar-refractivity contribution >= 4 is 35.5 Å². The van der Waals surface area contributed by atoms with E-state index in [1.54, 1.807) is 32.2 Å². The molecule has 12 heteroatoms. The number of aliphatic hydroxyl groups excluding tert-OH is 1. The van der Waals surface area contributed by atoms with Crippen LogP contribution in [0.15, 0.2) is 24.3 Å². The van der Waals surface area contributed by atoms with E-state index in [1.807, 2.05) is 0 Å². The first-order valence-electron chi connectivity index (χ1n) is 10.8. The van der Waals surface area contributed by atoms with Crippen LogP contribution in [0.1, 0.15) is 25.8 Å². The lowest BCUT2D eigenvalue weighted by Gasteiger charge is -2.26. The Hall–Kier alpha value is -2.83. The maximum atomic E-state index is 12.8. The number of aliphatic hydroxyl groups is 1. The zero-order valence-electron chi connectivity index (χ0n) is 19.5. The number of carboxylic acid groups (broad SMARTS) is 1. The number of carbonyl (C=O) groups is 4. The SMILES string of the molecule is CSCCC(NC(=O)C(CO)NC(=O)C(NC(=O)C(N)Cc1ccc(O)cc1)C(C)C)C(=O)O. The summed E-state index contributed by atoms with van der Waals surface area (Å²) in [7, 11) is 0. The van der Waals surface area contributed by atoms with Crippen molar-refractivity contribution in [2.45, 2.75) is 50.9 Å². The molecule has 0 heterocycles. The predicted octanol–water partition coefficient (Wildman–Crippen LogP) is -0.798. The van der Waals surface area contributed by atoms with Gasteiger partial charge in [0, 0.05) is 0 Å². The molecule has 0 aliphatic rings. The lowest BCUT2D eigenvalue weighted by molar-refractivity contribution is -0.142. The van der Waals surface area contributed by atoms with E-state index in [-0.39, 0.29) is 24.5 Å². The first-order chi connectivity index (χ1) is 16.0. The van der Waals surface area contributed by atoms with E-state index in [1.165, 1.54) is 23.9 Å². The summed E-state index contributed by atoms with van der Waals surface area (Å²) in [5, 5.41) is 35.5. The summed E-state index contributed by atoms with van der Waals surface area (Å²) < 4.78 is 0. The molecule has 0 aromatic heterocycles. The molecule has 8 N–H and O–H groups in total. The molecule has 34 heavy (non-hydrogen) atoms. The second-order valence-electron chi connectivity index (χ2n) is 8.13. The molecule has 0 fully saturated rings. The van der Waals surface area contributed by atoms with Crippen LogP contribution in [0.4, 0.5) is 0 Å². The summed E-state index contributed by atoms with van der Waals surface area (Å²) in [5.41, 5.74) is 6.69. The van der Waals surface area contributed by atoms with Crippen molar-refractivity contribution in [1.82, 2.24) is 16.0 Å². The maximum Gasteiger partial charge on any atom is 0.326 e. The number of phenolic OH excluding ortho intramolecular Hbond substituents is 1. The van der Waals surface area contributed by atoms with Gasteiger partial charge in [0.1, 0.15) is 23.9 Å². The highest BCUT2D eigenvalue weighted by Gasteiger charge is 2.31. The quantitative estimate of drug-likeness (QED) is 0.172. The molecular formula is C22H34N4O7S. The molecule has 1 aromatic carbocycles. The Balaban J connectivity index is 2.78. The lowest BCUT2D eigenvalue weighted by Crippen LogP contribution is -2.59. The first-order valence-corrected chi connectivity index (χ1v) is 12.2. The Kier molecular flexibility index (Phi) is 12.4. The Labute approximate surface area is 202 Å². The van der Waals surface area contributed by atoms with Gasteiger partial charge in [-0.15, -0.1) is 0 Å². The monoisotopic (exact) mass is 498 g/mol. The lowest BCUT2D eigenvalue weighted by atomic mass is 10.0. The Morgan fingerprint density at radius 3 is 2.06 bits per heavy atom. The summed E-state index contributed by atoms with van der Waals surface area (Å²) in [4.78, 5) is 49.2. The number of hydrogen-bond donors (Lipinski definition) is 7. The van der Waals surface area contributed by atoms with Crippen LogP contribution in [-0.2, 0) is 25.6 Å². The van der Waals surface area contributed by atoms with Gasteiger partial charge in [0.15, 0.2) is 0 Å². The summed E-state index contributed by atoms with van der Waals surface area (Å²) >= 11 is 1.42. The van der Waals surface area contributed by atoms with Crippen molar-refractivity contribution in [3.05, 3.63) is 29.8 Å². The van der Waals surface area contributed by atoms with E-state index in [9.17, 15) is 34.5 Å². The zero-order valence-corrected chi connectivity index (χ0v) is 20.3. The van der Waals surface area contributed by atoms with E-state index >= 15 is 0 Å². The second kappa shape index (κ2) is 14.4. The molecular weight excluding hydrogens is 464 g/mol. The van der Waals surface area contributed by atoms with Gasteiger partial charge in [0.25, 0.3) is 0 Å². The van der Waals surface area contributed by atoms with E-state index in [0.29, 0.717) is 5.75 Å². The normalized spacial score (nSPS) is 14.5. The van der Waals surface area contributed by atoms with Crippen molar-refractivity contribution in [3.8, 4) is 5.75 Å². The van der Waals surface area contributed by atoms with Gasteiger partial charge in [-0.2, -0.15) is 11.8 Å². The van der Waals surface area contributed by atoms with E-state index in [4.69, 9.17) is 5.73 Å². The fourth-order valence-electron chi connectivity index (χ4n) is 2.99. The zero-order chi connectivity index (χ0) is 25.8. The van der Waals surface area contributed by atoms with Crippen LogP contribution in [0.2, 0.25) is 0 Å². The topological polar surface area (TPSA) is 191 Å². The molecule has 0 saturated heterocycles. The molecule has 1 aromatic rings. The minimum absolute atomic E-state index is 0.0831. The second-order valence-corrected chi connectivity index (χ2v) is 9.12. The molecule has 4 unspecified atom stereocenters. The molecule has 0 bridgehead atoms. The van der Waals surface area contributed by atoms with Gasteiger partial charge in [-0.3, -0.25) is 14.4 Å². The third-order valence-electron chi connectivity index (χ3n) is 5.02. The molecule has 0 saturated carbocycles. The van der Waals surface area contributed by atoms with Gasteiger partial charge in [-0.25, -0.2) is 4.79 Å². The summed E-state index contributed by atoms with van der Waals surface area (Å²) in [5.74, 6) is -3.16. The fraction of sp³-hybridized carbons (Fsp3) is 0.545. The van der Waals surface area contributed by atoms with Crippen molar-refractivity contribution in [2.75, 3.05) is 18.6 Å². The number of thioether (sulfide) groups is 1. The number of carboxylic acids is 1. The highest BCUT2D eigenvalue weighted by Crippen LogP contribution is 2.11. The molecule has 1 rings (SSSR count). The number of rotatable bonds is 14. The van der Waals surface area contributed by atoms with Crippen LogP contribution in [0.25, 0.3) is 0 Å². The van der Waals surface area contributed by atoms with Crippen LogP contribution < -0.4 is 21.7 Å². The minimum atomic E-state index is -1.40. The largest absolute Gasteiger partial charge is 0.508 e. The van der Waals surface area contributed by atoms with Gasteiger partial charge in [-0.1, -0.05) is 26.0 Å². The first kappa shape index (κ1) is 29.2. The highest BCUT2D eigenvalue weighted by molar-refractivity contribution is 7.98. The Morgan fingerprint density at radius 1 is 0.971 bits per heavy atom. The molecule has 190 valence electrons. The highest BCUT2D eigenvalue weighted by atomic mass is 32.2. The predicted molar refractivity (Wildman–Crippen MR) is 128 cm³/mol. The number of hydrogen-bond acceptors (Lipinski definition) is 8. The van der Waals surface area contributed by atoms with Crippen LogP contribution in [0, 0.1) is 5.92 Å². The van der Waals surface area contributed by atoms with E-state index in [2.05, 4.69) is 16.0 Å². The van der Waals surface area contributed by atoms with Gasteiger partial charge >= 0.3 is 5.97 Å². The third kappa shape index (κ3) is 9.57. The van der Waals surface area contributed by atoms with Gasteiger partial charge in [0.2, 0.25) is 17.7 Å². The third-order valence-corrected chi connectivity index (χ3v) is 5.66. The van der Waals surface area contributed by atoms with Crippen molar-refractivity contribution in [1.29, 1.82) is 0 Å². The molecule has 3 amide bonds. The molecule has 0 radical (unpaired) electrons. The maximum absolute atomic E-state index is 12.8. The minimum Gasteiger partial charge on any atom is -0.508 e. The smallest absolute Gasteiger partial charge is 0.326 e. The number of aliphatic carboxylic acids is 1. The molecule has 0 aliphatic heterocycles. The number of phenols is 1. The number of amides is 3. The van der Waals surface area contributed by atoms with Gasteiger partial charge in [0.05, 0.1) is 12.6 Å². The molecule has 0 spiro atoms. The molecule has 4 atom stereocenters. The molecule has 11 nitrogen and oxygen atoms in total. The van der Waals surface area contributed by atoms with Gasteiger partial charge in [-0.05, 0) is 48.5 Å². The summed E-state index contributed by atoms with van der Waals surface area (Å²) in [6, 6.07) is 1.62. The number of aromatic hydroxyl groups is 1. The Bertz CT molecular complexity index is 835. The fourth-order valence-corrected chi connectivity index (χ4v) is 3.47. The van der Waals surface area contributed by atoms with E-state index in [0.717, 1.165) is 5.56 Å². The summed E-state index contributed by atoms with van der Waals surface area (Å²) in [6.45, 7) is 2.62.